The van der Waals surface area contributed by atoms with Crippen molar-refractivity contribution in [2.75, 3.05) is 20.2 Å². The molecular weight excluding hydrogens is 395 g/mol. The van der Waals surface area contributed by atoms with Crippen LogP contribution in [0.3, 0.4) is 0 Å². The number of benzene rings is 2. The van der Waals surface area contributed by atoms with Gasteiger partial charge in [0.05, 0.1) is 6.04 Å². The normalized spacial score (nSPS) is 18.0. The van der Waals surface area contributed by atoms with E-state index >= 15 is 0 Å². The second-order valence-corrected chi connectivity index (χ2v) is 8.76. The van der Waals surface area contributed by atoms with Crippen LogP contribution in [0, 0.1) is 11.7 Å². The molecule has 1 saturated carbocycles. The average Bonchev–Trinajstić information content (AvgIpc) is 3.60. The molecular formula is C25H29FN2O3. The van der Waals surface area contributed by atoms with Gasteiger partial charge in [-0.25, -0.2) is 4.39 Å². The molecule has 0 N–H and O–H groups in total. The summed E-state index contributed by atoms with van der Waals surface area (Å²) in [5.74, 6) is 0.380. The van der Waals surface area contributed by atoms with Gasteiger partial charge in [-0.1, -0.05) is 18.2 Å². The Hall–Kier alpha value is -2.89. The molecule has 0 saturated heterocycles. The first-order valence-corrected chi connectivity index (χ1v) is 10.9. The van der Waals surface area contributed by atoms with Crippen molar-refractivity contribution in [1.29, 1.82) is 0 Å². The maximum Gasteiger partial charge on any atom is 0.260 e. The van der Waals surface area contributed by atoms with Gasteiger partial charge in [0.25, 0.3) is 5.91 Å². The van der Waals surface area contributed by atoms with E-state index in [4.69, 9.17) is 4.74 Å². The van der Waals surface area contributed by atoms with Gasteiger partial charge in [-0.15, -0.1) is 0 Å². The molecule has 1 fully saturated rings. The zero-order valence-electron chi connectivity index (χ0n) is 18.3. The summed E-state index contributed by atoms with van der Waals surface area (Å²) < 4.78 is 19.9. The van der Waals surface area contributed by atoms with Gasteiger partial charge in [0.1, 0.15) is 11.6 Å². The fourth-order valence-electron chi connectivity index (χ4n) is 4.06. The molecule has 4 rings (SSSR count). The first-order valence-electron chi connectivity index (χ1n) is 10.9. The molecule has 1 aliphatic heterocycles. The van der Waals surface area contributed by atoms with Gasteiger partial charge in [0, 0.05) is 25.6 Å². The number of rotatable bonds is 6. The molecule has 164 valence electrons. The molecule has 1 atom stereocenters. The van der Waals surface area contributed by atoms with E-state index in [0.717, 1.165) is 36.0 Å². The second kappa shape index (κ2) is 8.69. The third-order valence-electron chi connectivity index (χ3n) is 6.25. The van der Waals surface area contributed by atoms with Crippen molar-refractivity contribution in [3.05, 3.63) is 65.0 Å². The fraction of sp³-hybridized carbons (Fsp3) is 0.440. The lowest BCUT2D eigenvalue weighted by atomic mass is 9.87. The van der Waals surface area contributed by atoms with Gasteiger partial charge >= 0.3 is 0 Å². The fourth-order valence-corrected chi connectivity index (χ4v) is 4.06. The van der Waals surface area contributed by atoms with E-state index in [0.29, 0.717) is 12.3 Å². The lowest BCUT2D eigenvalue weighted by Gasteiger charge is -2.38. The van der Waals surface area contributed by atoms with Crippen LogP contribution in [0.5, 0.6) is 5.75 Å². The number of likely N-dealkylation sites (N-methyl/N-ethyl adjacent to an activating group) is 1. The predicted octanol–water partition coefficient (Wildman–Crippen LogP) is 3.96. The minimum Gasteiger partial charge on any atom is -0.484 e. The van der Waals surface area contributed by atoms with Crippen LogP contribution in [0.4, 0.5) is 4.39 Å². The monoisotopic (exact) mass is 424 g/mol. The Morgan fingerprint density at radius 2 is 1.97 bits per heavy atom. The number of carbonyl (C=O) groups excluding carboxylic acids is 2. The van der Waals surface area contributed by atoms with E-state index in [-0.39, 0.29) is 42.2 Å². The molecule has 31 heavy (non-hydrogen) atoms. The molecule has 2 aromatic rings. The maximum absolute atomic E-state index is 14.1. The van der Waals surface area contributed by atoms with Crippen LogP contribution in [-0.4, -0.2) is 47.9 Å². The topological polar surface area (TPSA) is 49.9 Å². The van der Waals surface area contributed by atoms with E-state index in [1.165, 1.54) is 12.1 Å². The average molecular weight is 425 g/mol. The molecule has 5 nitrogen and oxygen atoms in total. The Balaban J connectivity index is 1.64. The predicted molar refractivity (Wildman–Crippen MR) is 116 cm³/mol. The van der Waals surface area contributed by atoms with Crippen LogP contribution >= 0.6 is 0 Å². The third kappa shape index (κ3) is 4.58. The molecule has 2 aliphatic rings. The van der Waals surface area contributed by atoms with E-state index in [9.17, 15) is 14.0 Å². The summed E-state index contributed by atoms with van der Waals surface area (Å²) in [4.78, 5) is 28.9. The third-order valence-corrected chi connectivity index (χ3v) is 6.25. The first kappa shape index (κ1) is 21.3. The number of carbonyl (C=O) groups is 2. The molecule has 2 amide bonds. The standard InChI is InChI=1S/C25H29FN2O3/c1-16(2)27(3)23(29)15-31-21-10-9-17-11-12-28(25(30)18-7-8-18)24(22(17)14-21)19-5-4-6-20(26)13-19/h4-6,9-10,13-14,16,18,24H,7-8,11-12,15H2,1-3H3. The lowest BCUT2D eigenvalue weighted by Crippen LogP contribution is -2.41. The van der Waals surface area contributed by atoms with Crippen LogP contribution in [0.25, 0.3) is 0 Å². The summed E-state index contributed by atoms with van der Waals surface area (Å²) in [5.41, 5.74) is 2.81. The molecule has 0 spiro atoms. The number of hydrogen-bond acceptors (Lipinski definition) is 3. The Bertz CT molecular complexity index is 986. The highest BCUT2D eigenvalue weighted by Gasteiger charge is 2.39. The minimum absolute atomic E-state index is 0.0528. The zero-order chi connectivity index (χ0) is 22.1. The van der Waals surface area contributed by atoms with Gasteiger partial charge in [-0.2, -0.15) is 0 Å². The molecule has 0 radical (unpaired) electrons. The van der Waals surface area contributed by atoms with E-state index in [1.54, 1.807) is 18.0 Å². The van der Waals surface area contributed by atoms with Crippen LogP contribution < -0.4 is 4.74 Å². The van der Waals surface area contributed by atoms with Gasteiger partial charge in [0.15, 0.2) is 6.61 Å². The quantitative estimate of drug-likeness (QED) is 0.705. The van der Waals surface area contributed by atoms with E-state index in [2.05, 4.69) is 0 Å². The number of halogens is 1. The second-order valence-electron chi connectivity index (χ2n) is 8.76. The smallest absolute Gasteiger partial charge is 0.260 e. The van der Waals surface area contributed by atoms with Gasteiger partial charge < -0.3 is 14.5 Å². The van der Waals surface area contributed by atoms with Crippen LogP contribution in [-0.2, 0) is 16.0 Å². The van der Waals surface area contributed by atoms with Crippen LogP contribution in [0.1, 0.15) is 49.4 Å². The highest BCUT2D eigenvalue weighted by atomic mass is 19.1. The summed E-state index contributed by atoms with van der Waals surface area (Å²) in [6, 6.07) is 12.0. The molecule has 1 unspecified atom stereocenters. The summed E-state index contributed by atoms with van der Waals surface area (Å²) in [5, 5.41) is 0. The van der Waals surface area contributed by atoms with E-state index in [1.807, 2.05) is 43.0 Å². The van der Waals surface area contributed by atoms with Crippen molar-refractivity contribution in [3.8, 4) is 5.75 Å². The number of fused-ring (bicyclic) bond motifs is 1. The SMILES string of the molecule is CC(C)N(C)C(=O)COc1ccc2c(c1)C(c1cccc(F)c1)N(C(=O)C1CC1)CC2. The molecule has 1 heterocycles. The molecule has 0 bridgehead atoms. The van der Waals surface area contributed by atoms with Crippen molar-refractivity contribution in [2.45, 2.75) is 45.2 Å². The Kier molecular flexibility index (Phi) is 5.99. The maximum atomic E-state index is 14.1. The molecule has 2 aromatic carbocycles. The van der Waals surface area contributed by atoms with Crippen molar-refractivity contribution >= 4 is 11.8 Å². The van der Waals surface area contributed by atoms with Crippen molar-refractivity contribution in [1.82, 2.24) is 9.80 Å². The Morgan fingerprint density at radius 3 is 2.65 bits per heavy atom. The Labute approximate surface area is 182 Å². The summed E-state index contributed by atoms with van der Waals surface area (Å²) in [6.07, 6.45) is 2.59. The molecule has 0 aromatic heterocycles. The van der Waals surface area contributed by atoms with Crippen LogP contribution in [0.2, 0.25) is 0 Å². The number of hydrogen-bond donors (Lipinski definition) is 0. The number of nitrogens with zero attached hydrogens (tertiary/aromatic N) is 2. The van der Waals surface area contributed by atoms with Gasteiger partial charge in [-0.05, 0) is 74.1 Å². The van der Waals surface area contributed by atoms with Crippen molar-refractivity contribution < 1.29 is 18.7 Å². The molecule has 6 heteroatoms. The highest BCUT2D eigenvalue weighted by Crippen LogP contribution is 2.41. The number of ether oxygens (including phenoxy) is 1. The molecule has 1 aliphatic carbocycles. The zero-order valence-corrected chi connectivity index (χ0v) is 18.3. The lowest BCUT2D eigenvalue weighted by molar-refractivity contribution is -0.134. The summed E-state index contributed by atoms with van der Waals surface area (Å²) in [7, 11) is 1.75. The minimum atomic E-state index is -0.356. The Morgan fingerprint density at radius 1 is 1.19 bits per heavy atom. The van der Waals surface area contributed by atoms with Crippen molar-refractivity contribution in [2.24, 2.45) is 5.92 Å². The highest BCUT2D eigenvalue weighted by molar-refractivity contribution is 5.82. The van der Waals surface area contributed by atoms with Gasteiger partial charge in [-0.3, -0.25) is 9.59 Å². The summed E-state index contributed by atoms with van der Waals surface area (Å²) >= 11 is 0. The first-order chi connectivity index (χ1) is 14.8. The number of amides is 2. The van der Waals surface area contributed by atoms with Crippen LogP contribution in [0.15, 0.2) is 42.5 Å². The summed E-state index contributed by atoms with van der Waals surface area (Å²) in [6.45, 7) is 4.46. The van der Waals surface area contributed by atoms with E-state index < -0.39 is 0 Å². The largest absolute Gasteiger partial charge is 0.484 e. The van der Waals surface area contributed by atoms with Gasteiger partial charge in [0.2, 0.25) is 5.91 Å². The van der Waals surface area contributed by atoms with Crippen molar-refractivity contribution in [3.63, 3.8) is 0 Å².